The summed E-state index contributed by atoms with van der Waals surface area (Å²) < 4.78 is 0. The maximum absolute atomic E-state index is 9.59. The van der Waals surface area contributed by atoms with Crippen molar-refractivity contribution in [1.82, 2.24) is 0 Å². The molecule has 0 aromatic heterocycles. The van der Waals surface area contributed by atoms with Crippen LogP contribution in [0.1, 0.15) is 31.4 Å². The van der Waals surface area contributed by atoms with Crippen molar-refractivity contribution < 1.29 is 5.11 Å². The Bertz CT molecular complexity index is 247. The molecule has 1 nitrogen and oxygen atoms in total. The lowest BCUT2D eigenvalue weighted by Crippen LogP contribution is -1.95. The second-order valence-corrected chi connectivity index (χ2v) is 3.30. The number of halogens is 1. The van der Waals surface area contributed by atoms with E-state index in [1.54, 1.807) is 0 Å². The summed E-state index contributed by atoms with van der Waals surface area (Å²) in [4.78, 5) is 0. The van der Waals surface area contributed by atoms with Gasteiger partial charge < -0.3 is 5.11 Å². The van der Waals surface area contributed by atoms with Crippen LogP contribution in [0.5, 0.6) is 0 Å². The Kier molecular flexibility index (Phi) is 3.57. The fraction of sp³-hybridized carbons (Fsp3) is 0.400. The lowest BCUT2D eigenvalue weighted by Gasteiger charge is -2.08. The van der Waals surface area contributed by atoms with Crippen molar-refractivity contribution in [3.8, 4) is 0 Å². The second-order valence-electron chi connectivity index (χ2n) is 2.86. The zero-order chi connectivity index (χ0) is 8.97. The smallest absolute Gasteiger partial charge is 0.0790 e. The first kappa shape index (κ1) is 9.56. The molecular weight excluding hydrogens is 172 g/mol. The van der Waals surface area contributed by atoms with Crippen molar-refractivity contribution in [2.75, 3.05) is 0 Å². The highest BCUT2D eigenvalue weighted by atomic mass is 35.5. The normalized spacial score (nSPS) is 12.9. The average molecular weight is 185 g/mol. The summed E-state index contributed by atoms with van der Waals surface area (Å²) in [5, 5.41) is 10.3. The van der Waals surface area contributed by atoms with Crippen LogP contribution in [-0.4, -0.2) is 5.11 Å². The van der Waals surface area contributed by atoms with Crippen molar-refractivity contribution in [2.45, 2.75) is 25.9 Å². The van der Waals surface area contributed by atoms with Gasteiger partial charge in [-0.05, 0) is 24.1 Å². The number of aliphatic hydroxyl groups excluding tert-OH is 1. The van der Waals surface area contributed by atoms with E-state index in [0.717, 1.165) is 18.4 Å². The SMILES string of the molecule is CCCC(O)c1cccc(Cl)c1. The molecule has 0 spiro atoms. The summed E-state index contributed by atoms with van der Waals surface area (Å²) in [6.45, 7) is 2.05. The summed E-state index contributed by atoms with van der Waals surface area (Å²) in [5.41, 5.74) is 0.907. The van der Waals surface area contributed by atoms with Crippen molar-refractivity contribution in [1.29, 1.82) is 0 Å². The molecule has 1 unspecified atom stereocenters. The number of aliphatic hydroxyl groups is 1. The predicted molar refractivity (Wildman–Crippen MR) is 51.3 cm³/mol. The molecule has 2 heteroatoms. The molecule has 0 amide bonds. The van der Waals surface area contributed by atoms with Crippen molar-refractivity contribution in [3.63, 3.8) is 0 Å². The minimum atomic E-state index is -0.367. The van der Waals surface area contributed by atoms with Gasteiger partial charge in [-0.15, -0.1) is 0 Å². The first-order valence-corrected chi connectivity index (χ1v) is 4.55. The molecule has 1 N–H and O–H groups in total. The average Bonchev–Trinajstić information content (AvgIpc) is 2.05. The van der Waals surface area contributed by atoms with E-state index in [1.807, 2.05) is 31.2 Å². The van der Waals surface area contributed by atoms with Crippen LogP contribution < -0.4 is 0 Å². The maximum atomic E-state index is 9.59. The zero-order valence-electron chi connectivity index (χ0n) is 7.13. The fourth-order valence-corrected chi connectivity index (χ4v) is 1.35. The van der Waals surface area contributed by atoms with Crippen LogP contribution in [-0.2, 0) is 0 Å². The molecule has 1 aromatic rings. The van der Waals surface area contributed by atoms with E-state index >= 15 is 0 Å². The number of hydrogen-bond acceptors (Lipinski definition) is 1. The highest BCUT2D eigenvalue weighted by molar-refractivity contribution is 6.30. The summed E-state index contributed by atoms with van der Waals surface area (Å²) in [6, 6.07) is 7.37. The van der Waals surface area contributed by atoms with Gasteiger partial charge in [-0.25, -0.2) is 0 Å². The molecule has 0 aliphatic rings. The van der Waals surface area contributed by atoms with E-state index in [-0.39, 0.29) is 6.10 Å². The van der Waals surface area contributed by atoms with E-state index in [1.165, 1.54) is 0 Å². The van der Waals surface area contributed by atoms with E-state index in [4.69, 9.17) is 11.6 Å². The second kappa shape index (κ2) is 4.48. The van der Waals surface area contributed by atoms with E-state index in [2.05, 4.69) is 0 Å². The summed E-state index contributed by atoms with van der Waals surface area (Å²) in [6.07, 6.45) is 1.40. The monoisotopic (exact) mass is 184 g/mol. The predicted octanol–water partition coefficient (Wildman–Crippen LogP) is 3.17. The molecule has 0 saturated heterocycles. The lowest BCUT2D eigenvalue weighted by molar-refractivity contribution is 0.166. The molecule has 0 heterocycles. The van der Waals surface area contributed by atoms with Crippen LogP contribution in [0, 0.1) is 0 Å². The van der Waals surface area contributed by atoms with Crippen LogP contribution in [0.3, 0.4) is 0 Å². The van der Waals surface area contributed by atoms with Gasteiger partial charge in [0.15, 0.2) is 0 Å². The van der Waals surface area contributed by atoms with Gasteiger partial charge in [0.05, 0.1) is 6.10 Å². The molecule has 0 bridgehead atoms. The molecule has 0 aliphatic carbocycles. The third kappa shape index (κ3) is 2.50. The molecule has 66 valence electrons. The Labute approximate surface area is 78.0 Å². The minimum absolute atomic E-state index is 0.367. The highest BCUT2D eigenvalue weighted by Crippen LogP contribution is 2.20. The molecule has 0 fully saturated rings. The third-order valence-corrected chi connectivity index (χ3v) is 2.03. The zero-order valence-corrected chi connectivity index (χ0v) is 7.88. The molecule has 1 aromatic carbocycles. The Morgan fingerprint density at radius 2 is 2.25 bits per heavy atom. The molecule has 1 atom stereocenters. The molecule has 12 heavy (non-hydrogen) atoms. The highest BCUT2D eigenvalue weighted by Gasteiger charge is 2.05. The third-order valence-electron chi connectivity index (χ3n) is 1.80. The first-order chi connectivity index (χ1) is 5.74. The van der Waals surface area contributed by atoms with Crippen LogP contribution in [0.15, 0.2) is 24.3 Å². The Morgan fingerprint density at radius 3 is 2.83 bits per heavy atom. The molecule has 0 aliphatic heterocycles. The van der Waals surface area contributed by atoms with E-state index in [0.29, 0.717) is 5.02 Å². The summed E-state index contributed by atoms with van der Waals surface area (Å²) >= 11 is 5.78. The summed E-state index contributed by atoms with van der Waals surface area (Å²) in [5.74, 6) is 0. The molecule has 0 saturated carbocycles. The Morgan fingerprint density at radius 1 is 1.50 bits per heavy atom. The van der Waals surface area contributed by atoms with Crippen LogP contribution in [0.2, 0.25) is 5.02 Å². The van der Waals surface area contributed by atoms with Crippen molar-refractivity contribution in [3.05, 3.63) is 34.9 Å². The van der Waals surface area contributed by atoms with Gasteiger partial charge >= 0.3 is 0 Å². The maximum Gasteiger partial charge on any atom is 0.0790 e. The first-order valence-electron chi connectivity index (χ1n) is 4.17. The van der Waals surface area contributed by atoms with Gasteiger partial charge in [0.1, 0.15) is 0 Å². The molecule has 1 rings (SSSR count). The van der Waals surface area contributed by atoms with Crippen LogP contribution in [0.25, 0.3) is 0 Å². The quantitative estimate of drug-likeness (QED) is 0.765. The van der Waals surface area contributed by atoms with E-state index < -0.39 is 0 Å². The summed E-state index contributed by atoms with van der Waals surface area (Å²) in [7, 11) is 0. The van der Waals surface area contributed by atoms with Gasteiger partial charge in [-0.1, -0.05) is 37.1 Å². The Balaban J connectivity index is 2.73. The van der Waals surface area contributed by atoms with Crippen molar-refractivity contribution in [2.24, 2.45) is 0 Å². The number of benzene rings is 1. The van der Waals surface area contributed by atoms with Crippen LogP contribution >= 0.6 is 11.6 Å². The Hall–Kier alpha value is -0.530. The molecular formula is C10H13ClO. The van der Waals surface area contributed by atoms with Crippen LogP contribution in [0.4, 0.5) is 0 Å². The number of rotatable bonds is 3. The lowest BCUT2D eigenvalue weighted by atomic mass is 10.1. The van der Waals surface area contributed by atoms with E-state index in [9.17, 15) is 5.11 Å². The standard InChI is InChI=1S/C10H13ClO/c1-2-4-10(12)8-5-3-6-9(11)7-8/h3,5-7,10,12H,2,4H2,1H3. The van der Waals surface area contributed by atoms with Gasteiger partial charge in [0.2, 0.25) is 0 Å². The van der Waals surface area contributed by atoms with Gasteiger partial charge in [-0.3, -0.25) is 0 Å². The van der Waals surface area contributed by atoms with Crippen molar-refractivity contribution >= 4 is 11.6 Å². The number of hydrogen-bond donors (Lipinski definition) is 1. The van der Waals surface area contributed by atoms with Gasteiger partial charge in [-0.2, -0.15) is 0 Å². The topological polar surface area (TPSA) is 20.2 Å². The van der Waals surface area contributed by atoms with Gasteiger partial charge in [0.25, 0.3) is 0 Å². The largest absolute Gasteiger partial charge is 0.388 e. The van der Waals surface area contributed by atoms with Gasteiger partial charge in [0, 0.05) is 5.02 Å². The minimum Gasteiger partial charge on any atom is -0.388 e. The molecule has 0 radical (unpaired) electrons. The fourth-order valence-electron chi connectivity index (χ4n) is 1.15.